The Hall–Kier alpha value is -2.22. The molecule has 0 aliphatic heterocycles. The van der Waals surface area contributed by atoms with Crippen molar-refractivity contribution in [1.82, 2.24) is 0 Å². The van der Waals surface area contributed by atoms with Gasteiger partial charge in [0, 0.05) is 5.56 Å². The van der Waals surface area contributed by atoms with Crippen molar-refractivity contribution in [3.63, 3.8) is 0 Å². The lowest BCUT2D eigenvalue weighted by molar-refractivity contribution is -0.129. The second-order valence-corrected chi connectivity index (χ2v) is 6.02. The van der Waals surface area contributed by atoms with Crippen molar-refractivity contribution < 1.29 is 28.9 Å². The zero-order chi connectivity index (χ0) is 18.8. The highest BCUT2D eigenvalue weighted by atomic mass is 32.2. The van der Waals surface area contributed by atoms with Crippen LogP contribution >= 0.6 is 11.8 Å². The van der Waals surface area contributed by atoms with Gasteiger partial charge < -0.3 is 19.3 Å². The van der Waals surface area contributed by atoms with Gasteiger partial charge in [0.25, 0.3) is 5.91 Å². The van der Waals surface area contributed by atoms with E-state index in [0.29, 0.717) is 23.7 Å². The Labute approximate surface area is 151 Å². The van der Waals surface area contributed by atoms with Gasteiger partial charge in [0.15, 0.2) is 11.5 Å². The fraction of sp³-hybridized carbons (Fsp3) is 0.471. The van der Waals surface area contributed by atoms with Gasteiger partial charge in [0.1, 0.15) is 5.71 Å². The molecule has 8 heteroatoms. The Kier molecular flexibility index (Phi) is 8.83. The summed E-state index contributed by atoms with van der Waals surface area (Å²) < 4.78 is 15.6. The van der Waals surface area contributed by atoms with Gasteiger partial charge in [-0.25, -0.2) is 9.79 Å². The number of benzene rings is 1. The van der Waals surface area contributed by atoms with Crippen LogP contribution < -0.4 is 14.2 Å². The van der Waals surface area contributed by atoms with Crippen LogP contribution in [0.25, 0.3) is 0 Å². The maximum atomic E-state index is 12.4. The van der Waals surface area contributed by atoms with Gasteiger partial charge in [-0.15, -0.1) is 0 Å². The van der Waals surface area contributed by atoms with Crippen molar-refractivity contribution in [2.24, 2.45) is 4.99 Å². The van der Waals surface area contributed by atoms with Crippen molar-refractivity contribution in [2.45, 2.75) is 19.3 Å². The number of hydrogen-bond acceptors (Lipinski definition) is 6. The lowest BCUT2D eigenvalue weighted by atomic mass is 10.1. The van der Waals surface area contributed by atoms with Crippen molar-refractivity contribution >= 4 is 29.4 Å². The summed E-state index contributed by atoms with van der Waals surface area (Å²) in [7, 11) is 4.32. The van der Waals surface area contributed by atoms with Crippen LogP contribution in [-0.4, -0.2) is 56.0 Å². The quantitative estimate of drug-likeness (QED) is 0.500. The Morgan fingerprint density at radius 2 is 1.68 bits per heavy atom. The second-order valence-electron chi connectivity index (χ2n) is 5.03. The molecule has 0 saturated heterocycles. The molecule has 1 amide bonds. The van der Waals surface area contributed by atoms with Crippen molar-refractivity contribution in [3.05, 3.63) is 17.7 Å². The fourth-order valence-corrected chi connectivity index (χ4v) is 2.63. The summed E-state index contributed by atoms with van der Waals surface area (Å²) in [6, 6.07) is 2.89. The van der Waals surface area contributed by atoms with E-state index >= 15 is 0 Å². The summed E-state index contributed by atoms with van der Waals surface area (Å²) in [5.74, 6) is 0.0373. The van der Waals surface area contributed by atoms with Crippen LogP contribution in [0.4, 0.5) is 0 Å². The van der Waals surface area contributed by atoms with E-state index < -0.39 is 11.9 Å². The first-order valence-electron chi connectivity index (χ1n) is 7.62. The molecule has 0 atom stereocenters. The first-order chi connectivity index (χ1) is 12.0. The number of aliphatic imine (C=N–C) groups is 1. The highest BCUT2D eigenvalue weighted by Crippen LogP contribution is 2.38. The molecular formula is C17H23NO6S. The zero-order valence-corrected chi connectivity index (χ0v) is 15.6. The van der Waals surface area contributed by atoms with Gasteiger partial charge in [0.05, 0.1) is 21.3 Å². The molecule has 25 heavy (non-hydrogen) atoms. The minimum absolute atomic E-state index is 0.153. The van der Waals surface area contributed by atoms with Crippen LogP contribution in [-0.2, 0) is 4.79 Å². The summed E-state index contributed by atoms with van der Waals surface area (Å²) in [6.07, 6.45) is 3.76. The smallest absolute Gasteiger partial charge is 0.350 e. The number of hydrogen-bond donors (Lipinski definition) is 1. The van der Waals surface area contributed by atoms with Crippen molar-refractivity contribution in [2.75, 3.05) is 33.3 Å². The van der Waals surface area contributed by atoms with Gasteiger partial charge >= 0.3 is 5.97 Å². The van der Waals surface area contributed by atoms with E-state index in [-0.39, 0.29) is 17.7 Å². The van der Waals surface area contributed by atoms with E-state index in [4.69, 9.17) is 14.2 Å². The number of rotatable bonds is 10. The molecule has 1 rings (SSSR count). The number of aliphatic carboxylic acids is 1. The standard InChI is InChI=1S/C17H23NO6S/c1-22-13-9-11(10-14(23-2)15(13)24-3)16(19)18-12(17(20)21)7-5-6-8-25-4/h9-10H,5-8H2,1-4H3,(H,20,21)/b18-12-. The van der Waals surface area contributed by atoms with E-state index in [1.54, 1.807) is 11.8 Å². The molecule has 0 aromatic heterocycles. The Balaban J connectivity index is 3.08. The molecule has 0 heterocycles. The first-order valence-corrected chi connectivity index (χ1v) is 9.02. The van der Waals surface area contributed by atoms with Gasteiger partial charge in [-0.05, 0) is 43.4 Å². The number of ether oxygens (including phenoxy) is 3. The lowest BCUT2D eigenvalue weighted by Gasteiger charge is -2.13. The van der Waals surface area contributed by atoms with Crippen LogP contribution in [0.1, 0.15) is 29.6 Å². The normalized spacial score (nSPS) is 11.1. The van der Waals surface area contributed by atoms with Gasteiger partial charge in [0.2, 0.25) is 5.75 Å². The molecule has 1 aromatic rings. The highest BCUT2D eigenvalue weighted by Gasteiger charge is 2.18. The van der Waals surface area contributed by atoms with Crippen LogP contribution in [0.15, 0.2) is 17.1 Å². The number of carbonyl (C=O) groups is 2. The van der Waals surface area contributed by atoms with Crippen molar-refractivity contribution in [3.8, 4) is 17.2 Å². The third-order valence-electron chi connectivity index (χ3n) is 3.41. The zero-order valence-electron chi connectivity index (χ0n) is 14.8. The van der Waals surface area contributed by atoms with E-state index in [2.05, 4.69) is 4.99 Å². The second kappa shape index (κ2) is 10.6. The molecule has 138 valence electrons. The molecule has 0 aliphatic carbocycles. The van der Waals surface area contributed by atoms with Gasteiger partial charge in [-0.3, -0.25) is 4.79 Å². The molecule has 0 aliphatic rings. The molecule has 0 radical (unpaired) electrons. The largest absolute Gasteiger partial charge is 0.493 e. The number of nitrogens with zero attached hydrogens (tertiary/aromatic N) is 1. The van der Waals surface area contributed by atoms with Crippen molar-refractivity contribution in [1.29, 1.82) is 0 Å². The average Bonchev–Trinajstić information content (AvgIpc) is 2.62. The van der Waals surface area contributed by atoms with Crippen LogP contribution in [0.3, 0.4) is 0 Å². The molecule has 0 fully saturated rings. The van der Waals surface area contributed by atoms with E-state index in [9.17, 15) is 14.7 Å². The maximum absolute atomic E-state index is 12.4. The van der Waals surface area contributed by atoms with Gasteiger partial charge in [-0.2, -0.15) is 11.8 Å². The summed E-state index contributed by atoms with van der Waals surface area (Å²) in [6.45, 7) is 0. The molecule has 1 N–H and O–H groups in total. The van der Waals surface area contributed by atoms with E-state index in [0.717, 1.165) is 12.2 Å². The predicted molar refractivity (Wildman–Crippen MR) is 97.7 cm³/mol. The summed E-state index contributed by atoms with van der Waals surface area (Å²) >= 11 is 1.69. The number of methoxy groups -OCH3 is 3. The molecule has 0 saturated carbocycles. The Morgan fingerprint density at radius 1 is 1.08 bits per heavy atom. The first kappa shape index (κ1) is 20.8. The molecule has 1 aromatic carbocycles. The summed E-state index contributed by atoms with van der Waals surface area (Å²) in [5.41, 5.74) is 0.0113. The molecule has 0 unspecified atom stereocenters. The Morgan fingerprint density at radius 3 is 2.12 bits per heavy atom. The van der Waals surface area contributed by atoms with Crippen LogP contribution in [0.5, 0.6) is 17.2 Å². The number of carbonyl (C=O) groups excluding carboxylic acids is 1. The number of unbranched alkanes of at least 4 members (excludes halogenated alkanes) is 1. The van der Waals surface area contributed by atoms with Gasteiger partial charge in [-0.1, -0.05) is 0 Å². The molecule has 0 bridgehead atoms. The SMILES string of the molecule is COc1cc(C(=O)/N=C(/CCCCSC)C(=O)O)cc(OC)c1OC. The topological polar surface area (TPSA) is 94.4 Å². The minimum atomic E-state index is -1.19. The number of thioether (sulfide) groups is 1. The Bertz CT molecular complexity index is 619. The lowest BCUT2D eigenvalue weighted by Crippen LogP contribution is -2.15. The highest BCUT2D eigenvalue weighted by molar-refractivity contribution is 7.98. The third kappa shape index (κ3) is 5.97. The predicted octanol–water partition coefficient (Wildman–Crippen LogP) is 2.91. The number of carboxylic acid groups (broad SMARTS) is 1. The fourth-order valence-electron chi connectivity index (χ4n) is 2.14. The monoisotopic (exact) mass is 369 g/mol. The molecule has 0 spiro atoms. The third-order valence-corrected chi connectivity index (χ3v) is 4.10. The molecule has 7 nitrogen and oxygen atoms in total. The van der Waals surface area contributed by atoms with E-state index in [1.165, 1.54) is 33.5 Å². The summed E-state index contributed by atoms with van der Waals surface area (Å²) in [5, 5.41) is 9.25. The van der Waals surface area contributed by atoms with E-state index in [1.807, 2.05) is 6.26 Å². The number of carboxylic acids is 1. The maximum Gasteiger partial charge on any atom is 0.350 e. The van der Waals surface area contributed by atoms with Crippen LogP contribution in [0.2, 0.25) is 0 Å². The average molecular weight is 369 g/mol. The minimum Gasteiger partial charge on any atom is -0.493 e. The van der Waals surface area contributed by atoms with Crippen LogP contribution in [0, 0.1) is 0 Å². The summed E-state index contributed by atoms with van der Waals surface area (Å²) in [4.78, 5) is 27.5. The number of amides is 1. The molecular weight excluding hydrogens is 346 g/mol.